The molecule has 1 aliphatic rings. The predicted octanol–water partition coefficient (Wildman–Crippen LogP) is 4.06. The number of benzene rings is 1. The summed E-state index contributed by atoms with van der Waals surface area (Å²) in [7, 11) is 0. The van der Waals surface area contributed by atoms with Crippen LogP contribution in [0.1, 0.15) is 32.6 Å². The highest BCUT2D eigenvalue weighted by atomic mass is 15.1. The van der Waals surface area contributed by atoms with Crippen molar-refractivity contribution in [3.8, 4) is 0 Å². The first kappa shape index (κ1) is 13.0. The van der Waals surface area contributed by atoms with Gasteiger partial charge in [0.2, 0.25) is 0 Å². The molecule has 2 heteroatoms. The van der Waals surface area contributed by atoms with Crippen LogP contribution in [0, 0.1) is 0 Å². The van der Waals surface area contributed by atoms with E-state index >= 15 is 0 Å². The lowest BCUT2D eigenvalue weighted by Gasteiger charge is -2.28. The third kappa shape index (κ3) is 3.80. The molecule has 1 aromatic rings. The molecular weight excluding hydrogens is 220 g/mol. The highest BCUT2D eigenvalue weighted by Gasteiger charge is 2.10. The second kappa shape index (κ2) is 6.48. The summed E-state index contributed by atoms with van der Waals surface area (Å²) in [6.07, 6.45) is 5.09. The molecule has 18 heavy (non-hydrogen) atoms. The monoisotopic (exact) mass is 244 g/mol. The standard InChI is InChI=1S/C16H24N2/c1-14(2)10-11-17-15-6-8-16(9-7-15)18-12-4-3-5-13-18/h6-9,17H,1,3-5,10-13H2,2H3. The van der Waals surface area contributed by atoms with Crippen molar-refractivity contribution in [3.05, 3.63) is 36.4 Å². The van der Waals surface area contributed by atoms with E-state index in [0.717, 1.165) is 13.0 Å². The zero-order valence-corrected chi connectivity index (χ0v) is 11.4. The minimum absolute atomic E-state index is 0.971. The molecule has 0 aliphatic carbocycles. The summed E-state index contributed by atoms with van der Waals surface area (Å²) in [5.74, 6) is 0. The zero-order valence-electron chi connectivity index (χ0n) is 11.4. The van der Waals surface area contributed by atoms with Crippen LogP contribution in [-0.2, 0) is 0 Å². The normalized spacial score (nSPS) is 15.5. The largest absolute Gasteiger partial charge is 0.385 e. The molecule has 0 spiro atoms. The van der Waals surface area contributed by atoms with E-state index in [0.29, 0.717) is 0 Å². The summed E-state index contributed by atoms with van der Waals surface area (Å²) >= 11 is 0. The Morgan fingerprint density at radius 2 is 1.83 bits per heavy atom. The Morgan fingerprint density at radius 3 is 2.44 bits per heavy atom. The lowest BCUT2D eigenvalue weighted by molar-refractivity contribution is 0.578. The smallest absolute Gasteiger partial charge is 0.0367 e. The van der Waals surface area contributed by atoms with E-state index in [1.165, 1.54) is 49.3 Å². The molecule has 2 nitrogen and oxygen atoms in total. The fourth-order valence-electron chi connectivity index (χ4n) is 2.36. The van der Waals surface area contributed by atoms with Crippen molar-refractivity contribution >= 4 is 11.4 Å². The van der Waals surface area contributed by atoms with Gasteiger partial charge in [0, 0.05) is 31.0 Å². The summed E-state index contributed by atoms with van der Waals surface area (Å²) in [5.41, 5.74) is 3.80. The maximum Gasteiger partial charge on any atom is 0.0367 e. The maximum atomic E-state index is 3.91. The van der Waals surface area contributed by atoms with Gasteiger partial charge in [-0.1, -0.05) is 5.57 Å². The highest BCUT2D eigenvalue weighted by Crippen LogP contribution is 2.21. The Balaban J connectivity index is 1.86. The van der Waals surface area contributed by atoms with Crippen molar-refractivity contribution in [3.63, 3.8) is 0 Å². The van der Waals surface area contributed by atoms with Gasteiger partial charge in [0.15, 0.2) is 0 Å². The van der Waals surface area contributed by atoms with Gasteiger partial charge in [-0.3, -0.25) is 0 Å². The average Bonchev–Trinajstić information content (AvgIpc) is 2.40. The molecule has 1 aliphatic heterocycles. The van der Waals surface area contributed by atoms with E-state index in [1.807, 2.05) is 0 Å². The third-order valence-electron chi connectivity index (χ3n) is 3.47. The number of hydrogen-bond acceptors (Lipinski definition) is 2. The van der Waals surface area contributed by atoms with E-state index in [4.69, 9.17) is 0 Å². The van der Waals surface area contributed by atoms with Crippen LogP contribution in [0.5, 0.6) is 0 Å². The van der Waals surface area contributed by atoms with Crippen molar-refractivity contribution in [1.82, 2.24) is 0 Å². The van der Waals surface area contributed by atoms with Crippen LogP contribution in [0.15, 0.2) is 36.4 Å². The number of hydrogen-bond donors (Lipinski definition) is 1. The summed E-state index contributed by atoms with van der Waals surface area (Å²) in [6.45, 7) is 9.38. The lowest BCUT2D eigenvalue weighted by Crippen LogP contribution is -2.29. The molecule has 2 rings (SSSR count). The Bertz CT molecular complexity index is 375. The van der Waals surface area contributed by atoms with Crippen LogP contribution in [0.4, 0.5) is 11.4 Å². The summed E-state index contributed by atoms with van der Waals surface area (Å²) in [6, 6.07) is 8.83. The molecule has 0 amide bonds. The molecule has 1 saturated heterocycles. The van der Waals surface area contributed by atoms with Crippen molar-refractivity contribution in [1.29, 1.82) is 0 Å². The minimum Gasteiger partial charge on any atom is -0.385 e. The number of anilines is 2. The van der Waals surface area contributed by atoms with Crippen LogP contribution >= 0.6 is 0 Å². The SMILES string of the molecule is C=C(C)CCNc1ccc(N2CCCCC2)cc1. The molecule has 0 aromatic heterocycles. The Morgan fingerprint density at radius 1 is 1.17 bits per heavy atom. The molecule has 0 unspecified atom stereocenters. The molecule has 1 heterocycles. The Kier molecular flexibility index (Phi) is 4.68. The van der Waals surface area contributed by atoms with E-state index in [-0.39, 0.29) is 0 Å². The van der Waals surface area contributed by atoms with Crippen molar-refractivity contribution in [2.24, 2.45) is 0 Å². The summed E-state index contributed by atoms with van der Waals surface area (Å²) < 4.78 is 0. The second-order valence-electron chi connectivity index (χ2n) is 5.23. The van der Waals surface area contributed by atoms with Gasteiger partial charge < -0.3 is 10.2 Å². The van der Waals surface area contributed by atoms with Gasteiger partial charge in [0.05, 0.1) is 0 Å². The number of piperidine rings is 1. The fraction of sp³-hybridized carbons (Fsp3) is 0.500. The summed E-state index contributed by atoms with van der Waals surface area (Å²) in [4.78, 5) is 2.49. The topological polar surface area (TPSA) is 15.3 Å². The Labute approximate surface area is 111 Å². The van der Waals surface area contributed by atoms with E-state index in [2.05, 4.69) is 48.0 Å². The molecular formula is C16H24N2. The van der Waals surface area contributed by atoms with Gasteiger partial charge in [-0.2, -0.15) is 0 Å². The highest BCUT2D eigenvalue weighted by molar-refractivity contribution is 5.55. The quantitative estimate of drug-likeness (QED) is 0.786. The van der Waals surface area contributed by atoms with Crippen LogP contribution in [0.2, 0.25) is 0 Å². The predicted molar refractivity (Wildman–Crippen MR) is 80.4 cm³/mol. The van der Waals surface area contributed by atoms with Gasteiger partial charge in [-0.05, 0) is 56.9 Å². The van der Waals surface area contributed by atoms with Gasteiger partial charge in [-0.15, -0.1) is 6.58 Å². The van der Waals surface area contributed by atoms with Crippen LogP contribution in [0.3, 0.4) is 0 Å². The second-order valence-corrected chi connectivity index (χ2v) is 5.23. The van der Waals surface area contributed by atoms with Crippen LogP contribution in [-0.4, -0.2) is 19.6 Å². The lowest BCUT2D eigenvalue weighted by atomic mass is 10.1. The number of rotatable bonds is 5. The van der Waals surface area contributed by atoms with Crippen LogP contribution < -0.4 is 10.2 Å². The van der Waals surface area contributed by atoms with Crippen molar-refractivity contribution in [2.75, 3.05) is 29.9 Å². The molecule has 0 radical (unpaired) electrons. The molecule has 1 fully saturated rings. The number of nitrogens with one attached hydrogen (secondary N) is 1. The molecule has 0 bridgehead atoms. The van der Waals surface area contributed by atoms with Gasteiger partial charge in [-0.25, -0.2) is 0 Å². The Hall–Kier alpha value is -1.44. The van der Waals surface area contributed by atoms with Crippen LogP contribution in [0.25, 0.3) is 0 Å². The van der Waals surface area contributed by atoms with E-state index in [1.54, 1.807) is 0 Å². The van der Waals surface area contributed by atoms with E-state index < -0.39 is 0 Å². The first-order chi connectivity index (χ1) is 8.75. The summed E-state index contributed by atoms with van der Waals surface area (Å²) in [5, 5.41) is 3.43. The van der Waals surface area contributed by atoms with Crippen molar-refractivity contribution in [2.45, 2.75) is 32.6 Å². The van der Waals surface area contributed by atoms with Gasteiger partial charge in [0.25, 0.3) is 0 Å². The molecule has 1 aromatic carbocycles. The molecule has 1 N–H and O–H groups in total. The molecule has 98 valence electrons. The average molecular weight is 244 g/mol. The van der Waals surface area contributed by atoms with Gasteiger partial charge in [0.1, 0.15) is 0 Å². The molecule has 0 saturated carbocycles. The van der Waals surface area contributed by atoms with Gasteiger partial charge >= 0.3 is 0 Å². The first-order valence-corrected chi connectivity index (χ1v) is 6.99. The van der Waals surface area contributed by atoms with Crippen molar-refractivity contribution < 1.29 is 0 Å². The number of nitrogens with zero attached hydrogens (tertiary/aromatic N) is 1. The maximum absolute atomic E-state index is 3.91. The zero-order chi connectivity index (χ0) is 12.8. The fourth-order valence-corrected chi connectivity index (χ4v) is 2.36. The first-order valence-electron chi connectivity index (χ1n) is 6.99. The third-order valence-corrected chi connectivity index (χ3v) is 3.47. The minimum atomic E-state index is 0.971. The molecule has 0 atom stereocenters. The van der Waals surface area contributed by atoms with E-state index in [9.17, 15) is 0 Å².